The number of nitrogens with one attached hydrogen (secondary N) is 1. The van der Waals surface area contributed by atoms with Crippen molar-refractivity contribution in [1.29, 1.82) is 0 Å². The van der Waals surface area contributed by atoms with Gasteiger partial charge in [-0.25, -0.2) is 9.78 Å². The number of carbonyl (C=O) groups is 2. The number of hydrogen-bond acceptors (Lipinski definition) is 7. The number of amides is 1. The molecule has 8 heteroatoms. The Kier molecular flexibility index (Phi) is 5.39. The molecule has 1 fully saturated rings. The Labute approximate surface area is 143 Å². The Morgan fingerprint density at radius 1 is 1.38 bits per heavy atom. The number of carbonyl (C=O) groups excluding carboxylic acids is 2. The Balaban J connectivity index is 1.66. The maximum atomic E-state index is 12.1. The molecule has 7 nitrogen and oxygen atoms in total. The Morgan fingerprint density at radius 3 is 2.92 bits per heavy atom. The van der Waals surface area contributed by atoms with Gasteiger partial charge in [-0.1, -0.05) is 11.3 Å². The molecule has 0 aliphatic carbocycles. The van der Waals surface area contributed by atoms with Crippen molar-refractivity contribution in [2.45, 2.75) is 6.92 Å². The molecule has 1 saturated heterocycles. The van der Waals surface area contributed by atoms with Gasteiger partial charge in [0.15, 0.2) is 5.13 Å². The third-order valence-electron chi connectivity index (χ3n) is 3.62. The van der Waals surface area contributed by atoms with Crippen LogP contribution >= 0.6 is 11.3 Å². The summed E-state index contributed by atoms with van der Waals surface area (Å²) < 4.78 is 11.1. The van der Waals surface area contributed by atoms with Crippen LogP contribution in [0.4, 0.5) is 5.13 Å². The highest BCUT2D eigenvalue weighted by Gasteiger charge is 2.16. The Hall–Kier alpha value is -2.03. The summed E-state index contributed by atoms with van der Waals surface area (Å²) in [5.74, 6) is -0.452. The van der Waals surface area contributed by atoms with Crippen LogP contribution in [0.15, 0.2) is 18.2 Å². The molecule has 3 rings (SSSR count). The molecule has 0 atom stereocenters. The van der Waals surface area contributed by atoms with Crippen LogP contribution < -0.4 is 5.32 Å². The van der Waals surface area contributed by atoms with Gasteiger partial charge in [-0.05, 0) is 25.1 Å². The van der Waals surface area contributed by atoms with Crippen molar-refractivity contribution < 1.29 is 19.1 Å². The van der Waals surface area contributed by atoms with Crippen molar-refractivity contribution in [1.82, 2.24) is 9.88 Å². The Bertz CT molecular complexity index is 740. The normalized spacial score (nSPS) is 15.4. The lowest BCUT2D eigenvalue weighted by Gasteiger charge is -2.25. The lowest BCUT2D eigenvalue weighted by molar-refractivity contribution is -0.118. The monoisotopic (exact) mass is 349 g/mol. The predicted octanol–water partition coefficient (Wildman–Crippen LogP) is 1.74. The first-order valence-corrected chi connectivity index (χ1v) is 8.65. The topological polar surface area (TPSA) is 80.8 Å². The molecule has 0 spiro atoms. The highest BCUT2D eigenvalue weighted by Crippen LogP contribution is 2.27. The summed E-state index contributed by atoms with van der Waals surface area (Å²) in [4.78, 5) is 30.3. The molecule has 0 saturated carbocycles. The first-order chi connectivity index (χ1) is 11.7. The van der Waals surface area contributed by atoms with Gasteiger partial charge < -0.3 is 14.8 Å². The maximum Gasteiger partial charge on any atom is 0.338 e. The van der Waals surface area contributed by atoms with Gasteiger partial charge in [-0.2, -0.15) is 0 Å². The number of benzene rings is 1. The van der Waals surface area contributed by atoms with Gasteiger partial charge >= 0.3 is 5.97 Å². The van der Waals surface area contributed by atoms with Crippen LogP contribution in [0.2, 0.25) is 0 Å². The van der Waals surface area contributed by atoms with E-state index in [4.69, 9.17) is 9.47 Å². The average molecular weight is 349 g/mol. The minimum Gasteiger partial charge on any atom is -0.462 e. The fraction of sp³-hybridized carbons (Fsp3) is 0.438. The summed E-state index contributed by atoms with van der Waals surface area (Å²) in [6, 6.07) is 5.18. The average Bonchev–Trinajstić information content (AvgIpc) is 2.97. The second-order valence-electron chi connectivity index (χ2n) is 5.36. The summed E-state index contributed by atoms with van der Waals surface area (Å²) in [6.45, 7) is 5.27. The number of anilines is 1. The van der Waals surface area contributed by atoms with E-state index in [0.717, 1.165) is 23.3 Å². The zero-order valence-electron chi connectivity index (χ0n) is 13.4. The molecule has 0 bridgehead atoms. The van der Waals surface area contributed by atoms with Crippen molar-refractivity contribution in [3.8, 4) is 0 Å². The lowest BCUT2D eigenvalue weighted by Crippen LogP contribution is -2.41. The smallest absolute Gasteiger partial charge is 0.338 e. The number of thiazole rings is 1. The summed E-state index contributed by atoms with van der Waals surface area (Å²) in [6.07, 6.45) is 0. The zero-order chi connectivity index (χ0) is 16.9. The van der Waals surface area contributed by atoms with Crippen LogP contribution in [0.3, 0.4) is 0 Å². The fourth-order valence-electron chi connectivity index (χ4n) is 2.44. The van der Waals surface area contributed by atoms with E-state index in [1.54, 1.807) is 25.1 Å². The van der Waals surface area contributed by atoms with Crippen molar-refractivity contribution in [3.05, 3.63) is 23.8 Å². The summed E-state index contributed by atoms with van der Waals surface area (Å²) in [5, 5.41) is 3.35. The number of nitrogens with zero attached hydrogens (tertiary/aromatic N) is 2. The van der Waals surface area contributed by atoms with Crippen LogP contribution in [-0.2, 0) is 14.3 Å². The summed E-state index contributed by atoms with van der Waals surface area (Å²) in [7, 11) is 0. The van der Waals surface area contributed by atoms with Crippen molar-refractivity contribution in [3.63, 3.8) is 0 Å². The van der Waals surface area contributed by atoms with E-state index < -0.39 is 0 Å². The molecule has 1 aliphatic rings. The molecule has 24 heavy (non-hydrogen) atoms. The van der Waals surface area contributed by atoms with E-state index in [1.807, 2.05) is 4.90 Å². The summed E-state index contributed by atoms with van der Waals surface area (Å²) >= 11 is 1.34. The van der Waals surface area contributed by atoms with Crippen molar-refractivity contribution >= 4 is 38.6 Å². The van der Waals surface area contributed by atoms with Crippen LogP contribution in [0.5, 0.6) is 0 Å². The third kappa shape index (κ3) is 4.08. The standard InChI is InChI=1S/C16H19N3O4S/c1-2-23-15(21)11-3-4-12-13(9-11)24-16(17-12)18-14(20)10-19-5-7-22-8-6-19/h3-4,9H,2,5-8,10H2,1H3,(H,17,18,20). The maximum absolute atomic E-state index is 12.1. The lowest BCUT2D eigenvalue weighted by atomic mass is 10.2. The highest BCUT2D eigenvalue weighted by molar-refractivity contribution is 7.22. The van der Waals surface area contributed by atoms with E-state index >= 15 is 0 Å². The van der Waals surface area contributed by atoms with E-state index in [-0.39, 0.29) is 11.9 Å². The number of hydrogen-bond donors (Lipinski definition) is 1. The molecular weight excluding hydrogens is 330 g/mol. The quantitative estimate of drug-likeness (QED) is 0.828. The van der Waals surface area contributed by atoms with Gasteiger partial charge in [-0.3, -0.25) is 9.69 Å². The molecule has 2 heterocycles. The SMILES string of the molecule is CCOC(=O)c1ccc2nc(NC(=O)CN3CCOCC3)sc2c1. The van der Waals surface area contributed by atoms with Crippen LogP contribution in [0.1, 0.15) is 17.3 Å². The van der Waals surface area contributed by atoms with Crippen LogP contribution in [0.25, 0.3) is 10.2 Å². The Morgan fingerprint density at radius 2 is 2.17 bits per heavy atom. The first kappa shape index (κ1) is 16.8. The number of morpholine rings is 1. The minimum absolute atomic E-state index is 0.0958. The van der Waals surface area contributed by atoms with Gasteiger partial charge in [0.25, 0.3) is 0 Å². The van der Waals surface area contributed by atoms with Crippen molar-refractivity contribution in [2.75, 3.05) is 44.8 Å². The van der Waals surface area contributed by atoms with Gasteiger partial charge in [0, 0.05) is 13.1 Å². The molecule has 1 N–H and O–H groups in total. The van der Waals surface area contributed by atoms with E-state index in [0.29, 0.717) is 37.1 Å². The fourth-order valence-corrected chi connectivity index (χ4v) is 3.36. The zero-order valence-corrected chi connectivity index (χ0v) is 14.2. The van der Waals surface area contributed by atoms with Gasteiger partial charge in [0.1, 0.15) is 0 Å². The number of ether oxygens (including phenoxy) is 2. The van der Waals surface area contributed by atoms with Crippen molar-refractivity contribution in [2.24, 2.45) is 0 Å². The number of esters is 1. The molecule has 0 unspecified atom stereocenters. The molecule has 1 aromatic heterocycles. The second-order valence-corrected chi connectivity index (χ2v) is 6.39. The van der Waals surface area contributed by atoms with Crippen LogP contribution in [-0.4, -0.2) is 61.2 Å². The predicted molar refractivity (Wildman–Crippen MR) is 91.5 cm³/mol. The van der Waals surface area contributed by atoms with Crippen LogP contribution in [0, 0.1) is 0 Å². The molecule has 1 aromatic carbocycles. The number of rotatable bonds is 5. The van der Waals surface area contributed by atoms with E-state index in [2.05, 4.69) is 10.3 Å². The molecular formula is C16H19N3O4S. The minimum atomic E-state index is -0.356. The number of fused-ring (bicyclic) bond motifs is 1. The molecule has 0 radical (unpaired) electrons. The largest absolute Gasteiger partial charge is 0.462 e. The molecule has 128 valence electrons. The second kappa shape index (κ2) is 7.69. The van der Waals surface area contributed by atoms with Gasteiger partial charge in [0.05, 0.1) is 42.1 Å². The first-order valence-electron chi connectivity index (χ1n) is 7.83. The molecule has 2 aromatic rings. The summed E-state index contributed by atoms with van der Waals surface area (Å²) in [5.41, 5.74) is 1.23. The number of aromatic nitrogens is 1. The van der Waals surface area contributed by atoms with E-state index in [9.17, 15) is 9.59 Å². The third-order valence-corrected chi connectivity index (χ3v) is 4.55. The molecule has 1 amide bonds. The molecule has 1 aliphatic heterocycles. The van der Waals surface area contributed by atoms with E-state index in [1.165, 1.54) is 11.3 Å². The van der Waals surface area contributed by atoms with Gasteiger partial charge in [0.2, 0.25) is 5.91 Å². The highest BCUT2D eigenvalue weighted by atomic mass is 32.1. The van der Waals surface area contributed by atoms with Gasteiger partial charge in [-0.15, -0.1) is 0 Å².